The van der Waals surface area contributed by atoms with Gasteiger partial charge in [-0.1, -0.05) is 0 Å². The molecule has 0 fully saturated rings. The summed E-state index contributed by atoms with van der Waals surface area (Å²) in [6, 6.07) is 0. The van der Waals surface area contributed by atoms with Crippen LogP contribution in [0.1, 0.15) is 27.7 Å². The van der Waals surface area contributed by atoms with Crippen LogP contribution in [0.15, 0.2) is 0 Å². The molecule has 0 aliphatic carbocycles. The van der Waals surface area contributed by atoms with E-state index in [9.17, 15) is 4.79 Å². The zero-order valence-electron chi connectivity index (χ0n) is 9.01. The van der Waals surface area contributed by atoms with Crippen molar-refractivity contribution in [3.63, 3.8) is 0 Å². The van der Waals surface area contributed by atoms with Gasteiger partial charge >= 0.3 is 0 Å². The van der Waals surface area contributed by atoms with Gasteiger partial charge in [0.05, 0.1) is 12.2 Å². The van der Waals surface area contributed by atoms with Gasteiger partial charge in [-0.3, -0.25) is 4.79 Å². The predicted molar refractivity (Wildman–Crippen MR) is 50.3 cm³/mol. The van der Waals surface area contributed by atoms with Crippen LogP contribution in [0.5, 0.6) is 0 Å². The van der Waals surface area contributed by atoms with Crippen LogP contribution in [0.25, 0.3) is 0 Å². The van der Waals surface area contributed by atoms with E-state index in [4.69, 9.17) is 15.2 Å². The van der Waals surface area contributed by atoms with Gasteiger partial charge in [-0.25, -0.2) is 0 Å². The topological polar surface area (TPSA) is 61.6 Å². The Morgan fingerprint density at radius 2 is 1.77 bits per heavy atom. The fourth-order valence-electron chi connectivity index (χ4n) is 0.484. The average molecular weight is 189 g/mol. The lowest BCUT2D eigenvalue weighted by Crippen LogP contribution is -2.44. The quantitative estimate of drug-likeness (QED) is 0.692. The van der Waals surface area contributed by atoms with E-state index >= 15 is 0 Å². The SMILES string of the molecule is COC(C)(C)COC(C)(C)C(N)=O. The lowest BCUT2D eigenvalue weighted by Gasteiger charge is -2.28. The number of primary amides is 1. The summed E-state index contributed by atoms with van der Waals surface area (Å²) in [6.07, 6.45) is 0. The molecule has 4 nitrogen and oxygen atoms in total. The highest BCUT2D eigenvalue weighted by Crippen LogP contribution is 2.14. The maximum Gasteiger partial charge on any atom is 0.249 e. The Morgan fingerprint density at radius 1 is 1.31 bits per heavy atom. The van der Waals surface area contributed by atoms with Crippen LogP contribution in [-0.4, -0.2) is 30.8 Å². The van der Waals surface area contributed by atoms with E-state index < -0.39 is 17.1 Å². The van der Waals surface area contributed by atoms with Gasteiger partial charge in [0.15, 0.2) is 0 Å². The van der Waals surface area contributed by atoms with Crippen molar-refractivity contribution in [3.8, 4) is 0 Å². The Hall–Kier alpha value is -0.610. The number of nitrogens with two attached hydrogens (primary N) is 1. The van der Waals surface area contributed by atoms with Crippen molar-refractivity contribution in [2.75, 3.05) is 13.7 Å². The second kappa shape index (κ2) is 4.07. The fraction of sp³-hybridized carbons (Fsp3) is 0.889. The normalized spacial score (nSPS) is 13.0. The first-order valence-corrected chi connectivity index (χ1v) is 4.20. The highest BCUT2D eigenvalue weighted by Gasteiger charge is 2.29. The van der Waals surface area contributed by atoms with E-state index in [-0.39, 0.29) is 0 Å². The van der Waals surface area contributed by atoms with Crippen molar-refractivity contribution < 1.29 is 14.3 Å². The molecule has 0 aromatic carbocycles. The number of methoxy groups -OCH3 is 1. The Bertz CT molecular complexity index is 187. The van der Waals surface area contributed by atoms with Crippen LogP contribution in [-0.2, 0) is 14.3 Å². The van der Waals surface area contributed by atoms with Gasteiger partial charge in [-0.2, -0.15) is 0 Å². The number of hydrogen-bond acceptors (Lipinski definition) is 3. The zero-order chi connectivity index (χ0) is 10.7. The summed E-state index contributed by atoms with van der Waals surface area (Å²) < 4.78 is 10.5. The van der Waals surface area contributed by atoms with Gasteiger partial charge in [-0.15, -0.1) is 0 Å². The second-order valence-electron chi connectivity index (χ2n) is 4.13. The van der Waals surface area contributed by atoms with Gasteiger partial charge in [0.1, 0.15) is 5.60 Å². The molecule has 0 radical (unpaired) electrons. The van der Waals surface area contributed by atoms with E-state index in [0.717, 1.165) is 0 Å². The van der Waals surface area contributed by atoms with E-state index in [1.54, 1.807) is 21.0 Å². The predicted octanol–water partition coefficient (Wildman–Crippen LogP) is 0.692. The van der Waals surface area contributed by atoms with Crippen molar-refractivity contribution >= 4 is 5.91 Å². The molecule has 0 saturated heterocycles. The summed E-state index contributed by atoms with van der Waals surface area (Å²) >= 11 is 0. The molecule has 0 rings (SSSR count). The molecule has 78 valence electrons. The maximum atomic E-state index is 10.9. The monoisotopic (exact) mass is 189 g/mol. The zero-order valence-corrected chi connectivity index (χ0v) is 9.01. The van der Waals surface area contributed by atoms with Crippen LogP contribution in [0.2, 0.25) is 0 Å². The van der Waals surface area contributed by atoms with Crippen molar-refractivity contribution in [3.05, 3.63) is 0 Å². The maximum absolute atomic E-state index is 10.9. The molecule has 0 aromatic heterocycles. The third-order valence-electron chi connectivity index (χ3n) is 1.93. The smallest absolute Gasteiger partial charge is 0.249 e. The van der Waals surface area contributed by atoms with Gasteiger partial charge in [0, 0.05) is 7.11 Å². The van der Waals surface area contributed by atoms with E-state index in [2.05, 4.69) is 0 Å². The lowest BCUT2D eigenvalue weighted by molar-refractivity contribution is -0.149. The van der Waals surface area contributed by atoms with E-state index in [1.165, 1.54) is 0 Å². The van der Waals surface area contributed by atoms with Crippen LogP contribution < -0.4 is 5.73 Å². The van der Waals surface area contributed by atoms with Gasteiger partial charge in [0.25, 0.3) is 0 Å². The van der Waals surface area contributed by atoms with Crippen molar-refractivity contribution in [2.24, 2.45) is 5.73 Å². The Labute approximate surface area is 79.4 Å². The minimum Gasteiger partial charge on any atom is -0.376 e. The number of ether oxygens (including phenoxy) is 2. The molecule has 0 spiro atoms. The number of rotatable bonds is 5. The fourth-order valence-corrected chi connectivity index (χ4v) is 0.484. The first-order chi connectivity index (χ1) is 5.71. The highest BCUT2D eigenvalue weighted by molar-refractivity contribution is 5.82. The molecule has 2 N–H and O–H groups in total. The molecule has 0 saturated carbocycles. The molecule has 4 heteroatoms. The van der Waals surface area contributed by atoms with E-state index in [0.29, 0.717) is 6.61 Å². The first kappa shape index (κ1) is 12.4. The average Bonchev–Trinajstić information content (AvgIpc) is 2.01. The summed E-state index contributed by atoms with van der Waals surface area (Å²) in [7, 11) is 1.60. The number of hydrogen-bond donors (Lipinski definition) is 1. The molecule has 0 atom stereocenters. The first-order valence-electron chi connectivity index (χ1n) is 4.20. The molecule has 0 aliphatic rings. The largest absolute Gasteiger partial charge is 0.376 e. The summed E-state index contributed by atoms with van der Waals surface area (Å²) in [4.78, 5) is 10.9. The molecular formula is C9H19NO3. The number of carbonyl (C=O) groups excluding carboxylic acids is 1. The molecule has 0 aromatic rings. The van der Waals surface area contributed by atoms with Gasteiger partial charge < -0.3 is 15.2 Å². The molecule has 0 heterocycles. The van der Waals surface area contributed by atoms with Crippen LogP contribution in [0.4, 0.5) is 0 Å². The second-order valence-corrected chi connectivity index (χ2v) is 4.13. The summed E-state index contributed by atoms with van der Waals surface area (Å²) in [5, 5.41) is 0. The number of carbonyl (C=O) groups is 1. The Balaban J connectivity index is 4.09. The third-order valence-corrected chi connectivity index (χ3v) is 1.93. The van der Waals surface area contributed by atoms with Crippen LogP contribution in [0, 0.1) is 0 Å². The highest BCUT2D eigenvalue weighted by atomic mass is 16.5. The third kappa shape index (κ3) is 4.24. The summed E-state index contributed by atoms with van der Waals surface area (Å²) in [5.74, 6) is -0.473. The summed E-state index contributed by atoms with van der Waals surface area (Å²) in [5.41, 5.74) is 3.81. The minimum atomic E-state index is -0.935. The Kier molecular flexibility index (Phi) is 3.88. The lowest BCUT2D eigenvalue weighted by atomic mass is 10.1. The molecule has 0 aliphatic heterocycles. The Morgan fingerprint density at radius 3 is 2.08 bits per heavy atom. The van der Waals surface area contributed by atoms with Crippen molar-refractivity contribution in [1.82, 2.24) is 0 Å². The summed E-state index contributed by atoms with van der Waals surface area (Å²) in [6.45, 7) is 7.37. The standard InChI is InChI=1S/C9H19NO3/c1-8(2,12-5)6-13-9(3,4)7(10)11/h6H2,1-5H3,(H2,10,11). The molecule has 0 bridgehead atoms. The molecule has 13 heavy (non-hydrogen) atoms. The molecular weight excluding hydrogens is 170 g/mol. The van der Waals surface area contributed by atoms with E-state index in [1.807, 2.05) is 13.8 Å². The minimum absolute atomic E-state index is 0.333. The van der Waals surface area contributed by atoms with Gasteiger partial charge in [-0.05, 0) is 27.7 Å². The van der Waals surface area contributed by atoms with Crippen molar-refractivity contribution in [1.29, 1.82) is 0 Å². The van der Waals surface area contributed by atoms with Crippen molar-refractivity contribution in [2.45, 2.75) is 38.9 Å². The number of amides is 1. The molecule has 0 unspecified atom stereocenters. The van der Waals surface area contributed by atoms with Crippen LogP contribution in [0.3, 0.4) is 0 Å². The van der Waals surface area contributed by atoms with Crippen LogP contribution >= 0.6 is 0 Å². The van der Waals surface area contributed by atoms with Gasteiger partial charge in [0.2, 0.25) is 5.91 Å². The molecule has 1 amide bonds.